The SMILES string of the molecule is CC(C)C1=CC(O)C2(C)CCC3(C)CC(O)C4(C)OC4CC3C12. The Morgan fingerprint density at radius 3 is 2.52 bits per heavy atom. The van der Waals surface area contributed by atoms with Crippen LogP contribution in [-0.2, 0) is 4.74 Å². The number of allylic oxidation sites excluding steroid dienone is 1. The van der Waals surface area contributed by atoms with E-state index in [1.165, 1.54) is 5.57 Å². The molecule has 1 saturated heterocycles. The lowest BCUT2D eigenvalue weighted by Gasteiger charge is -2.54. The molecule has 1 aliphatic heterocycles. The van der Waals surface area contributed by atoms with Crippen molar-refractivity contribution in [3.63, 3.8) is 0 Å². The molecular weight excluding hydrogens is 288 g/mol. The molecule has 0 bridgehead atoms. The van der Waals surface area contributed by atoms with Crippen LogP contribution in [-0.4, -0.2) is 34.1 Å². The van der Waals surface area contributed by atoms with E-state index in [0.717, 1.165) is 25.7 Å². The first-order valence-electron chi connectivity index (χ1n) is 9.37. The second kappa shape index (κ2) is 4.62. The lowest BCUT2D eigenvalue weighted by molar-refractivity contribution is -0.0853. The number of hydrogen-bond donors (Lipinski definition) is 2. The summed E-state index contributed by atoms with van der Waals surface area (Å²) in [6, 6.07) is 0. The molecule has 1 heterocycles. The van der Waals surface area contributed by atoms with E-state index in [4.69, 9.17) is 4.74 Å². The van der Waals surface area contributed by atoms with E-state index in [0.29, 0.717) is 17.8 Å². The summed E-state index contributed by atoms with van der Waals surface area (Å²) in [5.74, 6) is 1.39. The monoisotopic (exact) mass is 320 g/mol. The van der Waals surface area contributed by atoms with Crippen LogP contribution in [0.3, 0.4) is 0 Å². The Morgan fingerprint density at radius 2 is 1.87 bits per heavy atom. The normalized spacial score (nSPS) is 58.1. The largest absolute Gasteiger partial charge is 0.390 e. The Labute approximate surface area is 140 Å². The molecule has 3 fully saturated rings. The average Bonchev–Trinajstić information content (AvgIpc) is 3.05. The highest BCUT2D eigenvalue weighted by Crippen LogP contribution is 2.66. The first-order chi connectivity index (χ1) is 10.6. The van der Waals surface area contributed by atoms with Crippen LogP contribution >= 0.6 is 0 Å². The fourth-order valence-corrected chi connectivity index (χ4v) is 6.13. The minimum Gasteiger partial charge on any atom is -0.390 e. The van der Waals surface area contributed by atoms with Gasteiger partial charge in [-0.3, -0.25) is 0 Å². The third-order valence-corrected chi connectivity index (χ3v) is 8.06. The van der Waals surface area contributed by atoms with Gasteiger partial charge in [0.1, 0.15) is 5.60 Å². The molecule has 130 valence electrons. The number of epoxide rings is 1. The maximum atomic E-state index is 10.8. The first kappa shape index (κ1) is 16.1. The van der Waals surface area contributed by atoms with Crippen molar-refractivity contribution in [2.45, 2.75) is 84.2 Å². The van der Waals surface area contributed by atoms with Gasteiger partial charge in [0.2, 0.25) is 0 Å². The quantitative estimate of drug-likeness (QED) is 0.576. The molecule has 0 aromatic rings. The highest BCUT2D eigenvalue weighted by molar-refractivity contribution is 5.30. The molecule has 4 aliphatic rings. The zero-order valence-electron chi connectivity index (χ0n) is 15.2. The zero-order valence-corrected chi connectivity index (χ0v) is 15.2. The van der Waals surface area contributed by atoms with Crippen molar-refractivity contribution in [1.82, 2.24) is 0 Å². The highest BCUT2D eigenvalue weighted by atomic mass is 16.6. The lowest BCUT2D eigenvalue weighted by atomic mass is 9.50. The fraction of sp³-hybridized carbons (Fsp3) is 0.900. The molecule has 2 N–H and O–H groups in total. The van der Waals surface area contributed by atoms with Gasteiger partial charge in [0.05, 0.1) is 18.3 Å². The molecule has 3 heteroatoms. The number of rotatable bonds is 1. The summed E-state index contributed by atoms with van der Waals surface area (Å²) in [7, 11) is 0. The summed E-state index contributed by atoms with van der Waals surface area (Å²) in [6.07, 6.45) is 5.67. The molecule has 8 unspecified atom stereocenters. The minimum atomic E-state index is -0.357. The molecular formula is C20H32O3. The van der Waals surface area contributed by atoms with Crippen LogP contribution in [0.2, 0.25) is 0 Å². The second-order valence-corrected chi connectivity index (χ2v) is 9.76. The van der Waals surface area contributed by atoms with Gasteiger partial charge in [-0.2, -0.15) is 0 Å². The van der Waals surface area contributed by atoms with Gasteiger partial charge in [0.25, 0.3) is 0 Å². The van der Waals surface area contributed by atoms with Crippen molar-refractivity contribution in [2.24, 2.45) is 28.6 Å². The number of ether oxygens (including phenoxy) is 1. The van der Waals surface area contributed by atoms with Crippen molar-refractivity contribution in [2.75, 3.05) is 0 Å². The Bertz CT molecular complexity index is 555. The first-order valence-corrected chi connectivity index (χ1v) is 9.37. The number of aliphatic hydroxyl groups is 2. The predicted octanol–water partition coefficient (Wildman–Crippen LogP) is 3.29. The van der Waals surface area contributed by atoms with E-state index in [9.17, 15) is 10.2 Å². The summed E-state index contributed by atoms with van der Waals surface area (Å²) < 4.78 is 5.92. The molecule has 3 aliphatic carbocycles. The van der Waals surface area contributed by atoms with E-state index in [1.807, 2.05) is 0 Å². The molecule has 4 rings (SSSR count). The molecule has 0 spiro atoms. The zero-order chi connectivity index (χ0) is 16.8. The summed E-state index contributed by atoms with van der Waals surface area (Å²) in [5, 5.41) is 21.5. The summed E-state index contributed by atoms with van der Waals surface area (Å²) >= 11 is 0. The van der Waals surface area contributed by atoms with Crippen LogP contribution in [0.5, 0.6) is 0 Å². The van der Waals surface area contributed by atoms with Crippen LogP contribution in [0, 0.1) is 28.6 Å². The van der Waals surface area contributed by atoms with Crippen LogP contribution in [0.15, 0.2) is 11.6 Å². The Hall–Kier alpha value is -0.380. The van der Waals surface area contributed by atoms with Gasteiger partial charge in [-0.1, -0.05) is 39.3 Å². The van der Waals surface area contributed by atoms with Gasteiger partial charge < -0.3 is 14.9 Å². The molecule has 0 aromatic heterocycles. The van der Waals surface area contributed by atoms with E-state index in [-0.39, 0.29) is 34.7 Å². The van der Waals surface area contributed by atoms with Crippen molar-refractivity contribution in [1.29, 1.82) is 0 Å². The summed E-state index contributed by atoms with van der Waals surface area (Å²) in [5.41, 5.74) is 1.23. The molecule has 0 amide bonds. The van der Waals surface area contributed by atoms with E-state index in [1.54, 1.807) is 0 Å². The highest BCUT2D eigenvalue weighted by Gasteiger charge is 2.67. The predicted molar refractivity (Wildman–Crippen MR) is 89.9 cm³/mol. The molecule has 0 radical (unpaired) electrons. The Balaban J connectivity index is 1.76. The van der Waals surface area contributed by atoms with Gasteiger partial charge >= 0.3 is 0 Å². The van der Waals surface area contributed by atoms with E-state index >= 15 is 0 Å². The topological polar surface area (TPSA) is 53.0 Å². The van der Waals surface area contributed by atoms with Gasteiger partial charge in [0, 0.05) is 5.41 Å². The smallest absolute Gasteiger partial charge is 0.118 e. The van der Waals surface area contributed by atoms with Crippen LogP contribution in [0.25, 0.3) is 0 Å². The number of hydrogen-bond acceptors (Lipinski definition) is 3. The van der Waals surface area contributed by atoms with Crippen molar-refractivity contribution in [3.05, 3.63) is 11.6 Å². The number of fused-ring (bicyclic) bond motifs is 4. The van der Waals surface area contributed by atoms with Crippen molar-refractivity contribution >= 4 is 0 Å². The van der Waals surface area contributed by atoms with Crippen LogP contribution in [0.1, 0.15) is 60.3 Å². The summed E-state index contributed by atoms with van der Waals surface area (Å²) in [4.78, 5) is 0. The van der Waals surface area contributed by atoms with Gasteiger partial charge in [-0.05, 0) is 55.8 Å². The average molecular weight is 320 g/mol. The van der Waals surface area contributed by atoms with E-state index < -0.39 is 0 Å². The van der Waals surface area contributed by atoms with E-state index in [2.05, 4.69) is 40.7 Å². The van der Waals surface area contributed by atoms with Crippen LogP contribution < -0.4 is 0 Å². The maximum Gasteiger partial charge on any atom is 0.118 e. The van der Waals surface area contributed by atoms with Gasteiger partial charge in [-0.15, -0.1) is 0 Å². The molecule has 23 heavy (non-hydrogen) atoms. The summed E-state index contributed by atoms with van der Waals surface area (Å²) in [6.45, 7) is 11.2. The minimum absolute atomic E-state index is 0.0373. The number of aliphatic hydroxyl groups excluding tert-OH is 2. The standard InChI is InChI=1S/C20H32O3/c1-11(2)12-8-14(21)19(4)7-6-18(3)10-15(22)20(5)16(23-20)9-13(18)17(12)19/h8,11,13-17,21-22H,6-7,9-10H2,1-5H3. The Morgan fingerprint density at radius 1 is 1.17 bits per heavy atom. The third-order valence-electron chi connectivity index (χ3n) is 8.06. The molecule has 0 aromatic carbocycles. The van der Waals surface area contributed by atoms with Crippen molar-refractivity contribution in [3.8, 4) is 0 Å². The van der Waals surface area contributed by atoms with Gasteiger partial charge in [-0.25, -0.2) is 0 Å². The third kappa shape index (κ3) is 1.99. The Kier molecular flexibility index (Phi) is 3.23. The lowest BCUT2D eigenvalue weighted by Crippen LogP contribution is -2.50. The van der Waals surface area contributed by atoms with Gasteiger partial charge in [0.15, 0.2) is 0 Å². The molecule has 2 saturated carbocycles. The fourth-order valence-electron chi connectivity index (χ4n) is 6.13. The second-order valence-electron chi connectivity index (χ2n) is 9.76. The molecule has 8 atom stereocenters. The maximum absolute atomic E-state index is 10.8. The van der Waals surface area contributed by atoms with Crippen molar-refractivity contribution < 1.29 is 14.9 Å². The van der Waals surface area contributed by atoms with Crippen LogP contribution in [0.4, 0.5) is 0 Å². The molecule has 3 nitrogen and oxygen atoms in total.